The largest absolute Gasteiger partial charge is 0.462 e. The monoisotopic (exact) mass is 1020 g/mol. The molecule has 70 heavy (non-hydrogen) atoms. The highest BCUT2D eigenvalue weighted by Gasteiger charge is 2.51. The van der Waals surface area contributed by atoms with E-state index in [0.29, 0.717) is 0 Å². The highest BCUT2D eigenvalue weighted by Crippen LogP contribution is 2.49. The molecular weight excluding hydrogens is 964 g/mol. The van der Waals surface area contributed by atoms with Crippen LogP contribution in [0.25, 0.3) is 0 Å². The van der Waals surface area contributed by atoms with E-state index in [2.05, 4.69) is 27.1 Å². The van der Waals surface area contributed by atoms with Gasteiger partial charge in [0, 0.05) is 37.4 Å². The van der Waals surface area contributed by atoms with E-state index in [1.165, 1.54) is 44.9 Å². The van der Waals surface area contributed by atoms with E-state index in [1.807, 2.05) is 0 Å². The number of nitrogens with zero attached hydrogens (tertiary/aromatic N) is 2. The van der Waals surface area contributed by atoms with E-state index in [1.54, 1.807) is 88.4 Å². The fraction of sp³-hybridized carbons (Fsp3) is 0.489. The highest BCUT2D eigenvalue weighted by molar-refractivity contribution is 7.52. The minimum Gasteiger partial charge on any atom is -0.462 e. The summed E-state index contributed by atoms with van der Waals surface area (Å²) in [5, 5.41) is 7.62. The second-order valence-electron chi connectivity index (χ2n) is 17.4. The van der Waals surface area contributed by atoms with Crippen LogP contribution in [-0.2, 0) is 51.5 Å². The van der Waals surface area contributed by atoms with Gasteiger partial charge in [-0.25, -0.2) is 22.7 Å². The number of amides is 1. The Labute approximate surface area is 403 Å². The van der Waals surface area contributed by atoms with Crippen LogP contribution in [0.3, 0.4) is 0 Å². The van der Waals surface area contributed by atoms with Crippen molar-refractivity contribution in [3.63, 3.8) is 0 Å². The van der Waals surface area contributed by atoms with Crippen LogP contribution in [0.5, 0.6) is 11.5 Å². The maximum absolute atomic E-state index is 15.4. The zero-order valence-electron chi connectivity index (χ0n) is 39.9. The maximum atomic E-state index is 15.4. The molecule has 2 aromatic carbocycles. The summed E-state index contributed by atoms with van der Waals surface area (Å²) < 4.78 is 103. The summed E-state index contributed by atoms with van der Waals surface area (Å²) in [6, 6.07) is 15.5. The molecule has 4 heterocycles. The van der Waals surface area contributed by atoms with Crippen molar-refractivity contribution < 1.29 is 69.3 Å². The first-order chi connectivity index (χ1) is 32.8. The van der Waals surface area contributed by atoms with Crippen molar-refractivity contribution in [1.82, 2.24) is 29.9 Å². The predicted molar refractivity (Wildman–Crippen MR) is 249 cm³/mol. The first-order valence-corrected chi connectivity index (χ1v) is 25.3. The first kappa shape index (κ1) is 55.4. The molecule has 0 unspecified atom stereocenters. The number of nitrogens with one attached hydrogen (secondary N) is 4. The molecule has 21 nitrogen and oxygen atoms in total. The van der Waals surface area contributed by atoms with Crippen LogP contribution in [0, 0.1) is 0 Å². The Hall–Kier alpha value is -5.51. The third-order valence-electron chi connectivity index (χ3n) is 10.2. The third-order valence-corrected chi connectivity index (χ3v) is 13.4. The Bertz CT molecular complexity index is 2550. The number of rotatable bonds is 20. The Morgan fingerprint density at radius 1 is 0.757 bits per heavy atom. The Morgan fingerprint density at radius 2 is 1.20 bits per heavy atom. The van der Waals surface area contributed by atoms with Gasteiger partial charge in [0.2, 0.25) is 0 Å². The summed E-state index contributed by atoms with van der Waals surface area (Å²) >= 11 is 0. The molecule has 6 rings (SSSR count). The summed E-state index contributed by atoms with van der Waals surface area (Å²) in [5.41, 5.74) is -5.29. The van der Waals surface area contributed by atoms with Gasteiger partial charge in [-0.3, -0.25) is 37.8 Å². The molecule has 3 aliphatic heterocycles. The second kappa shape index (κ2) is 23.6. The van der Waals surface area contributed by atoms with Gasteiger partial charge in [0.1, 0.15) is 29.4 Å². The number of alkyl halides is 2. The molecule has 0 bridgehead atoms. The standard InChI is InChI=1S/C23H31FN3O7P.C22H29FN3O8P/c1-15(2)32-21(29)16(3)26-35(30,34-18-9-7-6-8-10-18)31-14-19-13-23(5,24)22(33-19)27-12-11-20(28)25-17(27)4;1-14(2)32-19(28)15(3)25-35(30,34-16-8-6-5-7-9-16)31-13-17-12-22(4,23)20(33-17)26-11-10-18(27)24-21(26)29/h6-12,15-16,19,22H,4,13-14H2,1-3,5H3,(H,25,28)(H,26,30);5-11,14-15,17,20H,12-13H2,1-4H3,(H,25,30)(H,24,27,29)/t16-,19+,22-,23-,35-;15-,17+,20-,22-,35+/m11/s1. The Morgan fingerprint density at radius 3 is 1.63 bits per heavy atom. The van der Waals surface area contributed by atoms with Crippen molar-refractivity contribution in [3.8, 4) is 11.5 Å². The number of aromatic amines is 1. The number of hydrogen-bond acceptors (Lipinski definition) is 16. The summed E-state index contributed by atoms with van der Waals surface area (Å²) in [6.07, 6.45) is -1.42. The molecule has 4 N–H and O–H groups in total. The van der Waals surface area contributed by atoms with Crippen LogP contribution in [0.1, 0.15) is 74.5 Å². The van der Waals surface area contributed by atoms with Gasteiger partial charge in [-0.15, -0.1) is 0 Å². The van der Waals surface area contributed by atoms with Gasteiger partial charge in [0.15, 0.2) is 23.8 Å². The summed E-state index contributed by atoms with van der Waals surface area (Å²) in [4.78, 5) is 62.9. The fourth-order valence-electron chi connectivity index (χ4n) is 7.09. The molecule has 2 fully saturated rings. The topological polar surface area (TPSA) is 253 Å². The van der Waals surface area contributed by atoms with Gasteiger partial charge in [-0.05, 0) is 79.7 Å². The second-order valence-corrected chi connectivity index (χ2v) is 20.8. The van der Waals surface area contributed by atoms with Crippen molar-refractivity contribution in [3.05, 3.63) is 118 Å². The number of carbonyl (C=O) groups excluding carboxylic acids is 3. The zero-order valence-corrected chi connectivity index (χ0v) is 41.7. The molecule has 384 valence electrons. The van der Waals surface area contributed by atoms with E-state index in [9.17, 15) is 33.1 Å². The van der Waals surface area contributed by atoms with Gasteiger partial charge in [0.25, 0.3) is 11.5 Å². The van der Waals surface area contributed by atoms with Crippen molar-refractivity contribution in [2.24, 2.45) is 0 Å². The molecule has 0 radical (unpaired) electrons. The van der Waals surface area contributed by atoms with Crippen LogP contribution < -0.4 is 35.8 Å². The quantitative estimate of drug-likeness (QED) is 0.0741. The lowest BCUT2D eigenvalue weighted by Crippen LogP contribution is -2.48. The SMILES string of the molecule is C=C1NC(=O)C=CN1[C@@H]1O[C@H](CO[P@](=O)(N[C@H](C)C(=O)OC(C)C)Oc2ccccc2)C[C@@]1(C)F.CC(C)OC(=O)[C@@H](C)N[P@](=O)(OC[C@@H]1C[C@@](C)(F)[C@H](n2ccc(=O)[nH]c2=O)O1)Oc1ccccc1. The number of aromatic nitrogens is 2. The average Bonchev–Trinajstić information content (AvgIpc) is 3.75. The van der Waals surface area contributed by atoms with Crippen molar-refractivity contribution >= 4 is 33.3 Å². The van der Waals surface area contributed by atoms with E-state index < -0.39 is 86.8 Å². The van der Waals surface area contributed by atoms with Crippen molar-refractivity contribution in [2.75, 3.05) is 13.2 Å². The number of para-hydroxylation sites is 2. The number of carbonyl (C=O) groups is 3. The van der Waals surface area contributed by atoms with E-state index in [4.69, 9.17) is 37.0 Å². The molecule has 1 amide bonds. The molecule has 3 aliphatic rings. The molecule has 0 spiro atoms. The normalized spacial score (nSPS) is 25.7. The van der Waals surface area contributed by atoms with Crippen molar-refractivity contribution in [2.45, 2.75) is 129 Å². The van der Waals surface area contributed by atoms with Gasteiger partial charge in [0.05, 0.1) is 37.6 Å². The lowest BCUT2D eigenvalue weighted by Gasteiger charge is -2.35. The van der Waals surface area contributed by atoms with Gasteiger partial charge < -0.3 is 38.2 Å². The van der Waals surface area contributed by atoms with Crippen LogP contribution in [0.4, 0.5) is 8.78 Å². The van der Waals surface area contributed by atoms with Crippen LogP contribution in [0.15, 0.2) is 107 Å². The maximum Gasteiger partial charge on any atom is 0.459 e. The number of H-pyrrole nitrogens is 1. The zero-order chi connectivity index (χ0) is 51.6. The molecule has 25 heteroatoms. The number of halogens is 2. The molecule has 2 saturated heterocycles. The van der Waals surface area contributed by atoms with Gasteiger partial charge in [-0.1, -0.05) is 43.0 Å². The lowest BCUT2D eigenvalue weighted by atomic mass is 10.0. The van der Waals surface area contributed by atoms with Crippen LogP contribution in [-0.4, -0.2) is 99.6 Å². The first-order valence-electron chi connectivity index (χ1n) is 22.2. The lowest BCUT2D eigenvalue weighted by molar-refractivity contribution is -0.150. The van der Waals surface area contributed by atoms with Crippen LogP contribution in [0.2, 0.25) is 0 Å². The number of benzene rings is 2. The molecular formula is C45H60F2N6O15P2. The minimum absolute atomic E-state index is 0.0838. The van der Waals surface area contributed by atoms with E-state index in [0.717, 1.165) is 16.8 Å². The Kier molecular flexibility index (Phi) is 18.7. The molecule has 3 aromatic rings. The summed E-state index contributed by atoms with van der Waals surface area (Å²) in [6.45, 7) is 15.3. The van der Waals surface area contributed by atoms with Crippen LogP contribution >= 0.6 is 15.5 Å². The summed E-state index contributed by atoms with van der Waals surface area (Å²) in [7, 11) is -8.28. The molecule has 0 aliphatic carbocycles. The number of ether oxygens (including phenoxy) is 4. The fourth-order valence-corrected chi connectivity index (χ4v) is 10.1. The average molecular weight is 1020 g/mol. The smallest absolute Gasteiger partial charge is 0.459 e. The third kappa shape index (κ3) is 15.7. The Balaban J connectivity index is 0.000000261. The highest BCUT2D eigenvalue weighted by atomic mass is 31.2. The predicted octanol–water partition coefficient (Wildman–Crippen LogP) is 6.07. The van der Waals surface area contributed by atoms with E-state index >= 15 is 8.78 Å². The molecule has 0 saturated carbocycles. The van der Waals surface area contributed by atoms with E-state index in [-0.39, 0.29) is 61.5 Å². The minimum atomic E-state index is -4.17. The summed E-state index contributed by atoms with van der Waals surface area (Å²) in [5.74, 6) is -1.03. The van der Waals surface area contributed by atoms with Crippen molar-refractivity contribution in [1.29, 1.82) is 0 Å². The number of esters is 2. The number of hydrogen-bond donors (Lipinski definition) is 4. The van der Waals surface area contributed by atoms with Gasteiger partial charge in [-0.2, -0.15) is 10.2 Å². The molecule has 10 atom stereocenters. The molecule has 1 aromatic heterocycles. The van der Waals surface area contributed by atoms with Gasteiger partial charge >= 0.3 is 33.1 Å².